The Labute approximate surface area is 108 Å². The van der Waals surface area contributed by atoms with Crippen LogP contribution < -0.4 is 5.32 Å². The minimum absolute atomic E-state index is 0.0624. The van der Waals surface area contributed by atoms with Gasteiger partial charge in [-0.05, 0) is 17.5 Å². The summed E-state index contributed by atoms with van der Waals surface area (Å²) in [5.41, 5.74) is 0. The summed E-state index contributed by atoms with van der Waals surface area (Å²) < 4.78 is 1.13. The molecule has 0 bridgehead atoms. The molecule has 4 nitrogen and oxygen atoms in total. The molecule has 90 valence electrons. The molecule has 0 aliphatic carbocycles. The SMILES string of the molecule is O=C(NCc1ncc[nH]1)c1cc2ccccc2s1. The summed E-state index contributed by atoms with van der Waals surface area (Å²) in [6.45, 7) is 0.417. The number of aromatic nitrogens is 2. The maximum Gasteiger partial charge on any atom is 0.261 e. The number of carbonyl (C=O) groups excluding carboxylic acids is 1. The van der Waals surface area contributed by atoms with Crippen molar-refractivity contribution in [2.75, 3.05) is 0 Å². The summed E-state index contributed by atoms with van der Waals surface area (Å²) in [5.74, 6) is 0.692. The van der Waals surface area contributed by atoms with Crippen LogP contribution in [0.5, 0.6) is 0 Å². The summed E-state index contributed by atoms with van der Waals surface area (Å²) in [6, 6.07) is 9.89. The van der Waals surface area contributed by atoms with Crippen molar-refractivity contribution in [2.24, 2.45) is 0 Å². The predicted octanol–water partition coefficient (Wildman–Crippen LogP) is 2.55. The Morgan fingerprint density at radius 2 is 2.28 bits per heavy atom. The van der Waals surface area contributed by atoms with E-state index in [4.69, 9.17) is 0 Å². The van der Waals surface area contributed by atoms with E-state index in [1.807, 2.05) is 30.3 Å². The second-order valence-corrected chi connectivity index (χ2v) is 4.95. The lowest BCUT2D eigenvalue weighted by molar-refractivity contribution is 0.0954. The average Bonchev–Trinajstić information content (AvgIpc) is 3.04. The van der Waals surface area contributed by atoms with Crippen LogP contribution in [0.25, 0.3) is 10.1 Å². The predicted molar refractivity (Wildman–Crippen MR) is 71.6 cm³/mol. The number of rotatable bonds is 3. The number of hydrogen-bond donors (Lipinski definition) is 2. The van der Waals surface area contributed by atoms with Gasteiger partial charge in [0.25, 0.3) is 5.91 Å². The van der Waals surface area contributed by atoms with Crippen molar-refractivity contribution in [1.82, 2.24) is 15.3 Å². The van der Waals surface area contributed by atoms with Gasteiger partial charge in [0.05, 0.1) is 11.4 Å². The Morgan fingerprint density at radius 3 is 3.06 bits per heavy atom. The Bertz CT molecular complexity index is 639. The van der Waals surface area contributed by atoms with Crippen molar-refractivity contribution in [3.05, 3.63) is 53.4 Å². The molecule has 0 fully saturated rings. The molecule has 3 rings (SSSR count). The van der Waals surface area contributed by atoms with Gasteiger partial charge >= 0.3 is 0 Å². The van der Waals surface area contributed by atoms with Crippen molar-refractivity contribution >= 4 is 27.3 Å². The first-order valence-corrected chi connectivity index (χ1v) is 6.39. The first kappa shape index (κ1) is 11.0. The van der Waals surface area contributed by atoms with Crippen molar-refractivity contribution in [3.63, 3.8) is 0 Å². The molecule has 2 heterocycles. The van der Waals surface area contributed by atoms with Gasteiger partial charge in [0.15, 0.2) is 0 Å². The van der Waals surface area contributed by atoms with Gasteiger partial charge in [-0.3, -0.25) is 4.79 Å². The van der Waals surface area contributed by atoms with Crippen LogP contribution in [0.3, 0.4) is 0 Å². The van der Waals surface area contributed by atoms with Gasteiger partial charge in [-0.2, -0.15) is 0 Å². The highest BCUT2D eigenvalue weighted by molar-refractivity contribution is 7.20. The molecule has 0 saturated carbocycles. The van der Waals surface area contributed by atoms with Crippen LogP contribution in [-0.2, 0) is 6.54 Å². The zero-order chi connectivity index (χ0) is 12.4. The summed E-state index contributed by atoms with van der Waals surface area (Å²) in [4.78, 5) is 19.7. The molecule has 1 aromatic carbocycles. The third-order valence-corrected chi connectivity index (χ3v) is 3.74. The molecule has 0 radical (unpaired) electrons. The topological polar surface area (TPSA) is 57.8 Å². The van der Waals surface area contributed by atoms with E-state index in [0.29, 0.717) is 6.54 Å². The largest absolute Gasteiger partial charge is 0.347 e. The third-order valence-electron chi connectivity index (χ3n) is 2.62. The highest BCUT2D eigenvalue weighted by atomic mass is 32.1. The molecule has 0 aliphatic rings. The Hall–Kier alpha value is -2.14. The summed E-state index contributed by atoms with van der Waals surface area (Å²) in [5, 5.41) is 3.94. The summed E-state index contributed by atoms with van der Waals surface area (Å²) in [6.07, 6.45) is 3.40. The van der Waals surface area contributed by atoms with E-state index in [9.17, 15) is 4.79 Å². The van der Waals surface area contributed by atoms with Crippen molar-refractivity contribution < 1.29 is 4.79 Å². The highest BCUT2D eigenvalue weighted by Gasteiger charge is 2.09. The fourth-order valence-corrected chi connectivity index (χ4v) is 2.72. The van der Waals surface area contributed by atoms with Crippen molar-refractivity contribution in [2.45, 2.75) is 6.54 Å². The smallest absolute Gasteiger partial charge is 0.261 e. The van der Waals surface area contributed by atoms with E-state index in [0.717, 1.165) is 20.8 Å². The maximum atomic E-state index is 12.0. The zero-order valence-corrected chi connectivity index (χ0v) is 10.3. The second-order valence-electron chi connectivity index (χ2n) is 3.87. The number of imidazole rings is 1. The second kappa shape index (κ2) is 4.62. The molecule has 2 N–H and O–H groups in total. The van der Waals surface area contributed by atoms with E-state index >= 15 is 0 Å². The molecule has 3 aromatic rings. The van der Waals surface area contributed by atoms with E-state index in [2.05, 4.69) is 15.3 Å². The summed E-state index contributed by atoms with van der Waals surface area (Å²) >= 11 is 1.50. The number of H-pyrrole nitrogens is 1. The monoisotopic (exact) mass is 257 g/mol. The molecule has 1 amide bonds. The number of nitrogens with one attached hydrogen (secondary N) is 2. The van der Waals surface area contributed by atoms with Crippen LogP contribution in [0.1, 0.15) is 15.5 Å². The standard InChI is InChI=1S/C13H11N3OS/c17-13(16-8-12-14-5-6-15-12)11-7-9-3-1-2-4-10(9)18-11/h1-7H,8H2,(H,14,15)(H,16,17). The number of nitrogens with zero attached hydrogens (tertiary/aromatic N) is 1. The normalized spacial score (nSPS) is 10.7. The molecule has 2 aromatic heterocycles. The van der Waals surface area contributed by atoms with Crippen LogP contribution in [0, 0.1) is 0 Å². The quantitative estimate of drug-likeness (QED) is 0.757. The Balaban J connectivity index is 1.75. The molecule has 0 spiro atoms. The minimum atomic E-state index is -0.0624. The number of hydrogen-bond acceptors (Lipinski definition) is 3. The molecule has 0 saturated heterocycles. The molecule has 18 heavy (non-hydrogen) atoms. The first-order valence-electron chi connectivity index (χ1n) is 5.58. The van der Waals surface area contributed by atoms with Crippen LogP contribution in [-0.4, -0.2) is 15.9 Å². The highest BCUT2D eigenvalue weighted by Crippen LogP contribution is 2.24. The van der Waals surface area contributed by atoms with Crippen LogP contribution in [0.15, 0.2) is 42.7 Å². The third kappa shape index (κ3) is 2.12. The summed E-state index contributed by atoms with van der Waals surface area (Å²) in [7, 11) is 0. The van der Waals surface area contributed by atoms with Gasteiger partial charge in [0.2, 0.25) is 0 Å². The van der Waals surface area contributed by atoms with Gasteiger partial charge in [0, 0.05) is 17.1 Å². The van der Waals surface area contributed by atoms with Crippen molar-refractivity contribution in [3.8, 4) is 0 Å². The van der Waals surface area contributed by atoms with E-state index in [1.54, 1.807) is 12.4 Å². The van der Waals surface area contributed by atoms with Crippen LogP contribution >= 0.6 is 11.3 Å². The molecular formula is C13H11N3OS. The minimum Gasteiger partial charge on any atom is -0.347 e. The van der Waals surface area contributed by atoms with Crippen LogP contribution in [0.2, 0.25) is 0 Å². The first-order chi connectivity index (χ1) is 8.83. The molecular weight excluding hydrogens is 246 g/mol. The zero-order valence-electron chi connectivity index (χ0n) is 9.51. The van der Waals surface area contributed by atoms with E-state index in [-0.39, 0.29) is 5.91 Å². The fourth-order valence-electron chi connectivity index (χ4n) is 1.74. The number of carbonyl (C=O) groups is 1. The van der Waals surface area contributed by atoms with E-state index in [1.165, 1.54) is 11.3 Å². The van der Waals surface area contributed by atoms with Crippen LogP contribution in [0.4, 0.5) is 0 Å². The Kier molecular flexibility index (Phi) is 2.82. The lowest BCUT2D eigenvalue weighted by Gasteiger charge is -1.99. The lowest BCUT2D eigenvalue weighted by Crippen LogP contribution is -2.22. The Morgan fingerprint density at radius 1 is 1.39 bits per heavy atom. The number of benzene rings is 1. The number of aromatic amines is 1. The molecule has 0 atom stereocenters. The van der Waals surface area contributed by atoms with E-state index < -0.39 is 0 Å². The molecule has 0 unspecified atom stereocenters. The van der Waals surface area contributed by atoms with Gasteiger partial charge in [-0.1, -0.05) is 18.2 Å². The van der Waals surface area contributed by atoms with Crippen molar-refractivity contribution in [1.29, 1.82) is 0 Å². The van der Waals surface area contributed by atoms with Gasteiger partial charge in [0.1, 0.15) is 5.82 Å². The van der Waals surface area contributed by atoms with Gasteiger partial charge in [-0.15, -0.1) is 11.3 Å². The number of thiophene rings is 1. The molecule has 5 heteroatoms. The fraction of sp³-hybridized carbons (Fsp3) is 0.0769. The maximum absolute atomic E-state index is 12.0. The number of amides is 1. The molecule has 0 aliphatic heterocycles. The average molecular weight is 257 g/mol. The van der Waals surface area contributed by atoms with Gasteiger partial charge < -0.3 is 10.3 Å². The number of fused-ring (bicyclic) bond motifs is 1. The lowest BCUT2D eigenvalue weighted by atomic mass is 10.2. The van der Waals surface area contributed by atoms with Gasteiger partial charge in [-0.25, -0.2) is 4.98 Å².